The molecule has 0 aliphatic carbocycles. The lowest BCUT2D eigenvalue weighted by Crippen LogP contribution is -2.40. The standard InChI is InChI=1S/C24H26F3N5O3/c1-3-4-9-32-22(33)21-20(31(23(32)34)10-11-35-2)12-19(29-21)17-13-28-30(15-17)14-16-7-5-6-8-18(16)24(25,26)27/h5-8,12-13,15,29H,3-4,9-11,14H2,1-2H3. The summed E-state index contributed by atoms with van der Waals surface area (Å²) in [6.45, 7) is 2.77. The van der Waals surface area contributed by atoms with Crippen LogP contribution in [0.15, 0.2) is 52.3 Å². The smallest absolute Gasteiger partial charge is 0.383 e. The summed E-state index contributed by atoms with van der Waals surface area (Å²) in [5.74, 6) is 0. The lowest BCUT2D eigenvalue weighted by molar-refractivity contribution is -0.138. The molecular weight excluding hydrogens is 463 g/mol. The molecule has 3 aromatic heterocycles. The first-order chi connectivity index (χ1) is 16.7. The minimum atomic E-state index is -4.46. The maximum Gasteiger partial charge on any atom is 0.416 e. The fourth-order valence-electron chi connectivity index (χ4n) is 4.06. The normalized spacial score (nSPS) is 12.0. The van der Waals surface area contributed by atoms with Crippen molar-refractivity contribution in [3.63, 3.8) is 0 Å². The molecule has 0 saturated heterocycles. The number of aromatic nitrogens is 5. The van der Waals surface area contributed by atoms with Gasteiger partial charge in [-0.25, -0.2) is 4.79 Å². The molecule has 0 saturated carbocycles. The van der Waals surface area contributed by atoms with Gasteiger partial charge in [-0.1, -0.05) is 31.5 Å². The molecule has 0 spiro atoms. The van der Waals surface area contributed by atoms with Gasteiger partial charge in [0.15, 0.2) is 0 Å². The van der Waals surface area contributed by atoms with Gasteiger partial charge >= 0.3 is 11.9 Å². The molecule has 0 aliphatic rings. The van der Waals surface area contributed by atoms with Gasteiger partial charge in [-0.2, -0.15) is 18.3 Å². The Bertz CT molecular complexity index is 1450. The van der Waals surface area contributed by atoms with Crippen LogP contribution in [-0.2, 0) is 30.5 Å². The van der Waals surface area contributed by atoms with Gasteiger partial charge in [-0.05, 0) is 24.1 Å². The molecule has 3 heterocycles. The van der Waals surface area contributed by atoms with Crippen LogP contribution in [0.4, 0.5) is 13.2 Å². The number of fused-ring (bicyclic) bond motifs is 1. The summed E-state index contributed by atoms with van der Waals surface area (Å²) in [6.07, 6.45) is 0.159. The molecule has 11 heteroatoms. The van der Waals surface area contributed by atoms with E-state index in [0.717, 1.165) is 12.5 Å². The second-order valence-electron chi connectivity index (χ2n) is 8.26. The van der Waals surface area contributed by atoms with Crippen LogP contribution in [0.5, 0.6) is 0 Å². The number of hydrogen-bond acceptors (Lipinski definition) is 4. The molecule has 186 valence electrons. The number of alkyl halides is 3. The number of benzene rings is 1. The highest BCUT2D eigenvalue weighted by Gasteiger charge is 2.33. The molecule has 0 fully saturated rings. The Hall–Kier alpha value is -3.60. The summed E-state index contributed by atoms with van der Waals surface area (Å²) >= 11 is 0. The molecular formula is C24H26F3N5O3. The zero-order valence-corrected chi connectivity index (χ0v) is 19.4. The van der Waals surface area contributed by atoms with Crippen LogP contribution in [0, 0.1) is 0 Å². The number of halogens is 3. The molecule has 0 atom stereocenters. The van der Waals surface area contributed by atoms with Crippen molar-refractivity contribution < 1.29 is 17.9 Å². The van der Waals surface area contributed by atoms with Gasteiger partial charge in [0.05, 0.1) is 42.7 Å². The first kappa shape index (κ1) is 24.5. The van der Waals surface area contributed by atoms with E-state index in [-0.39, 0.29) is 30.8 Å². The van der Waals surface area contributed by atoms with Crippen LogP contribution in [-0.4, -0.2) is 37.6 Å². The lowest BCUT2D eigenvalue weighted by atomic mass is 10.1. The van der Waals surface area contributed by atoms with Gasteiger partial charge in [0.1, 0.15) is 5.52 Å². The highest BCUT2D eigenvalue weighted by atomic mass is 19.4. The van der Waals surface area contributed by atoms with E-state index in [1.807, 2.05) is 6.92 Å². The monoisotopic (exact) mass is 489 g/mol. The fourth-order valence-corrected chi connectivity index (χ4v) is 4.06. The summed E-state index contributed by atoms with van der Waals surface area (Å²) in [6, 6.07) is 7.04. The Kier molecular flexibility index (Phi) is 6.97. The third-order valence-electron chi connectivity index (χ3n) is 5.86. The Morgan fingerprint density at radius 3 is 2.60 bits per heavy atom. The number of hydrogen-bond donors (Lipinski definition) is 1. The van der Waals surface area contributed by atoms with Gasteiger partial charge < -0.3 is 9.72 Å². The number of ether oxygens (including phenoxy) is 1. The van der Waals surface area contributed by atoms with Crippen LogP contribution < -0.4 is 11.2 Å². The molecule has 35 heavy (non-hydrogen) atoms. The minimum Gasteiger partial charge on any atom is -0.383 e. The average Bonchev–Trinajstić information content (AvgIpc) is 3.46. The minimum absolute atomic E-state index is 0.0711. The molecule has 0 bridgehead atoms. The molecule has 8 nitrogen and oxygen atoms in total. The fraction of sp³-hybridized carbons (Fsp3) is 0.375. The summed E-state index contributed by atoms with van der Waals surface area (Å²) < 4.78 is 49.3. The van der Waals surface area contributed by atoms with Gasteiger partial charge in [0.2, 0.25) is 0 Å². The Morgan fingerprint density at radius 2 is 1.89 bits per heavy atom. The maximum atomic E-state index is 13.3. The van der Waals surface area contributed by atoms with E-state index in [1.165, 1.54) is 39.3 Å². The van der Waals surface area contributed by atoms with Crippen molar-refractivity contribution in [1.29, 1.82) is 0 Å². The number of H-pyrrole nitrogens is 1. The highest BCUT2D eigenvalue weighted by Crippen LogP contribution is 2.32. The van der Waals surface area contributed by atoms with Crippen molar-refractivity contribution in [2.45, 2.75) is 45.6 Å². The molecule has 1 aromatic carbocycles. The summed E-state index contributed by atoms with van der Waals surface area (Å²) in [4.78, 5) is 29.2. The lowest BCUT2D eigenvalue weighted by Gasteiger charge is -2.12. The Labute approximate surface area is 198 Å². The number of methoxy groups -OCH3 is 1. The second kappa shape index (κ2) is 9.95. The molecule has 0 aliphatic heterocycles. The van der Waals surface area contributed by atoms with Crippen molar-refractivity contribution in [1.82, 2.24) is 23.9 Å². The second-order valence-corrected chi connectivity index (χ2v) is 8.26. The van der Waals surface area contributed by atoms with Crippen LogP contribution in [0.2, 0.25) is 0 Å². The summed E-state index contributed by atoms with van der Waals surface area (Å²) in [5, 5.41) is 4.21. The van der Waals surface area contributed by atoms with Crippen LogP contribution >= 0.6 is 0 Å². The number of aromatic amines is 1. The SMILES string of the molecule is CCCCn1c(=O)c2[nH]c(-c3cnn(Cc4ccccc4C(F)(F)F)c3)cc2n(CCOC)c1=O. The van der Waals surface area contributed by atoms with Crippen LogP contribution in [0.1, 0.15) is 30.9 Å². The van der Waals surface area contributed by atoms with Crippen molar-refractivity contribution in [2.75, 3.05) is 13.7 Å². The predicted octanol–water partition coefficient (Wildman–Crippen LogP) is 3.87. The van der Waals surface area contributed by atoms with Gasteiger partial charge in [0.25, 0.3) is 5.56 Å². The van der Waals surface area contributed by atoms with E-state index < -0.39 is 23.0 Å². The molecule has 0 unspecified atom stereocenters. The van der Waals surface area contributed by atoms with Crippen LogP contribution in [0.3, 0.4) is 0 Å². The largest absolute Gasteiger partial charge is 0.416 e. The Balaban J connectivity index is 1.74. The van der Waals surface area contributed by atoms with Crippen molar-refractivity contribution >= 4 is 11.0 Å². The van der Waals surface area contributed by atoms with E-state index in [0.29, 0.717) is 29.7 Å². The number of nitrogens with one attached hydrogen (secondary N) is 1. The maximum absolute atomic E-state index is 13.3. The zero-order valence-electron chi connectivity index (χ0n) is 19.4. The van der Waals surface area contributed by atoms with Crippen molar-refractivity contribution in [2.24, 2.45) is 0 Å². The van der Waals surface area contributed by atoms with E-state index in [2.05, 4.69) is 10.1 Å². The van der Waals surface area contributed by atoms with E-state index in [9.17, 15) is 22.8 Å². The zero-order chi connectivity index (χ0) is 25.2. The number of nitrogens with zero attached hydrogens (tertiary/aromatic N) is 4. The first-order valence-corrected chi connectivity index (χ1v) is 11.3. The topological polar surface area (TPSA) is 86.8 Å². The molecule has 0 amide bonds. The van der Waals surface area contributed by atoms with Gasteiger partial charge in [-0.3, -0.25) is 18.6 Å². The van der Waals surface area contributed by atoms with E-state index in [1.54, 1.807) is 18.3 Å². The molecule has 4 rings (SSSR count). The summed E-state index contributed by atoms with van der Waals surface area (Å²) in [7, 11) is 1.53. The first-order valence-electron chi connectivity index (χ1n) is 11.3. The Morgan fingerprint density at radius 1 is 1.11 bits per heavy atom. The third-order valence-corrected chi connectivity index (χ3v) is 5.86. The van der Waals surface area contributed by atoms with Crippen molar-refractivity contribution in [3.8, 4) is 11.3 Å². The third kappa shape index (κ3) is 4.95. The molecule has 1 N–H and O–H groups in total. The quantitative estimate of drug-likeness (QED) is 0.387. The number of rotatable bonds is 9. The number of unbranched alkanes of at least 4 members (excludes halogenated alkanes) is 1. The van der Waals surface area contributed by atoms with Crippen LogP contribution in [0.25, 0.3) is 22.3 Å². The van der Waals surface area contributed by atoms with Crippen molar-refractivity contribution in [3.05, 3.63) is 74.7 Å². The van der Waals surface area contributed by atoms with Gasteiger partial charge in [-0.15, -0.1) is 0 Å². The average molecular weight is 489 g/mol. The highest BCUT2D eigenvalue weighted by molar-refractivity contribution is 5.82. The molecule has 0 radical (unpaired) electrons. The predicted molar refractivity (Wildman–Crippen MR) is 125 cm³/mol. The van der Waals surface area contributed by atoms with E-state index >= 15 is 0 Å². The van der Waals surface area contributed by atoms with E-state index in [4.69, 9.17) is 4.74 Å². The summed E-state index contributed by atoms with van der Waals surface area (Å²) in [5.41, 5.74) is 0.401. The molecule has 4 aromatic rings. The van der Waals surface area contributed by atoms with Gasteiger partial charge in [0, 0.05) is 25.4 Å².